The Labute approximate surface area is 253 Å². The number of benzene rings is 1. The number of hydrogen-bond acceptors (Lipinski definition) is 9. The van der Waals surface area contributed by atoms with Crippen molar-refractivity contribution in [3.8, 4) is 17.0 Å². The molecule has 11 nitrogen and oxygen atoms in total. The Hall–Kier alpha value is -4.77. The number of ether oxygens (including phenoxy) is 2. The Balaban J connectivity index is 1.32. The van der Waals surface area contributed by atoms with Crippen molar-refractivity contribution in [1.82, 2.24) is 24.6 Å². The van der Waals surface area contributed by atoms with Gasteiger partial charge in [0.05, 0.1) is 31.7 Å². The van der Waals surface area contributed by atoms with Gasteiger partial charge in [-0.25, -0.2) is 9.97 Å². The van der Waals surface area contributed by atoms with E-state index in [9.17, 15) is 4.79 Å². The smallest absolute Gasteiger partial charge is 0.228 e. The first-order valence-corrected chi connectivity index (χ1v) is 14.4. The number of nitrogens with zero attached hydrogens (tertiary/aromatic N) is 7. The molecule has 0 spiro atoms. The average Bonchev–Trinajstić information content (AvgIpc) is 3.65. The summed E-state index contributed by atoms with van der Waals surface area (Å²) in [6.07, 6.45) is 6.40. The topological polar surface area (TPSA) is 110 Å². The molecule has 1 N–H and O–H groups in total. The number of methoxy groups -OCH3 is 1. The van der Waals surface area contributed by atoms with E-state index in [2.05, 4.69) is 25.4 Å². The highest BCUT2D eigenvalue weighted by Crippen LogP contribution is 2.39. The van der Waals surface area contributed by atoms with E-state index in [1.54, 1.807) is 31.5 Å². The Morgan fingerprint density at radius 3 is 2.72 bits per heavy atom. The molecule has 2 atom stereocenters. The standard InChI is InChI=1S/C32H34N8O3/c1-20-14-24(20)32(41)35-28-15-25-26(27-19-40-18-22(6-9-29(40)34-27)39-10-12-43-13-11-39)16-33-31(30(25)37-36-28)38(2)17-21-4-7-23(42-3)8-5-21/h4-9,15-16,18-20,24H,10-14,17H2,1-3H3,(H,35,36,41)/t20-,24+/m1/s1/i2D3. The van der Waals surface area contributed by atoms with Crippen LogP contribution >= 0.6 is 0 Å². The summed E-state index contributed by atoms with van der Waals surface area (Å²) < 4.78 is 37.9. The molecule has 1 aliphatic carbocycles. The van der Waals surface area contributed by atoms with Crippen molar-refractivity contribution < 1.29 is 18.4 Å². The van der Waals surface area contributed by atoms with Crippen LogP contribution in [0.4, 0.5) is 17.3 Å². The predicted octanol–water partition coefficient (Wildman–Crippen LogP) is 4.42. The third-order valence-electron chi connectivity index (χ3n) is 8.15. The van der Waals surface area contributed by atoms with Crippen LogP contribution in [-0.2, 0) is 16.1 Å². The first kappa shape index (κ1) is 23.8. The molecule has 2 fully saturated rings. The second-order valence-corrected chi connectivity index (χ2v) is 11.1. The molecule has 1 saturated carbocycles. The van der Waals surface area contributed by atoms with Gasteiger partial charge in [-0.05, 0) is 48.2 Å². The molecule has 1 amide bonds. The van der Waals surface area contributed by atoms with Crippen LogP contribution in [0, 0.1) is 11.8 Å². The van der Waals surface area contributed by atoms with E-state index >= 15 is 0 Å². The Morgan fingerprint density at radius 2 is 1.98 bits per heavy atom. The molecule has 1 saturated heterocycles. The van der Waals surface area contributed by atoms with Crippen LogP contribution < -0.4 is 19.9 Å². The third-order valence-corrected chi connectivity index (χ3v) is 8.15. The summed E-state index contributed by atoms with van der Waals surface area (Å²) in [5, 5.41) is 12.2. The molecule has 5 aromatic rings. The van der Waals surface area contributed by atoms with Gasteiger partial charge in [0.15, 0.2) is 11.6 Å². The highest BCUT2D eigenvalue weighted by molar-refractivity contribution is 6.01. The molecule has 0 bridgehead atoms. The zero-order valence-corrected chi connectivity index (χ0v) is 24.0. The van der Waals surface area contributed by atoms with Crippen molar-refractivity contribution in [2.24, 2.45) is 11.8 Å². The molecule has 7 rings (SSSR count). The van der Waals surface area contributed by atoms with Crippen LogP contribution in [0.15, 0.2) is 61.1 Å². The number of aromatic nitrogens is 5. The minimum absolute atomic E-state index is 0.0420. The summed E-state index contributed by atoms with van der Waals surface area (Å²) in [6.45, 7) is 2.52. The molecule has 4 aromatic heterocycles. The van der Waals surface area contributed by atoms with Gasteiger partial charge in [0.2, 0.25) is 5.91 Å². The van der Waals surface area contributed by atoms with E-state index in [0.717, 1.165) is 36.4 Å². The first-order valence-electron chi connectivity index (χ1n) is 15.9. The maximum atomic E-state index is 12.8. The molecule has 5 heterocycles. The Kier molecular flexibility index (Phi) is 6.15. The number of morpholine rings is 1. The van der Waals surface area contributed by atoms with E-state index in [1.165, 1.54) is 4.90 Å². The number of amides is 1. The van der Waals surface area contributed by atoms with Gasteiger partial charge in [-0.15, -0.1) is 10.2 Å². The average molecular weight is 582 g/mol. The number of carbonyl (C=O) groups is 1. The minimum Gasteiger partial charge on any atom is -0.497 e. The fourth-order valence-corrected chi connectivity index (χ4v) is 5.49. The lowest BCUT2D eigenvalue weighted by Gasteiger charge is -2.28. The second-order valence-electron chi connectivity index (χ2n) is 11.1. The number of imidazole rings is 1. The first-order chi connectivity index (χ1) is 22.2. The van der Waals surface area contributed by atoms with E-state index < -0.39 is 6.98 Å². The van der Waals surface area contributed by atoms with Crippen molar-refractivity contribution in [3.05, 3.63) is 66.6 Å². The maximum absolute atomic E-state index is 12.8. The fraction of sp³-hybridized carbons (Fsp3) is 0.344. The third kappa shape index (κ3) is 5.43. The number of anilines is 3. The summed E-state index contributed by atoms with van der Waals surface area (Å²) in [4.78, 5) is 25.8. The summed E-state index contributed by atoms with van der Waals surface area (Å²) in [5.74, 6) is 1.26. The number of carbonyl (C=O) groups excluding carboxylic acids is 1. The Morgan fingerprint density at radius 1 is 1.16 bits per heavy atom. The van der Waals surface area contributed by atoms with Gasteiger partial charge < -0.3 is 29.0 Å². The molecule has 11 heteroatoms. The second kappa shape index (κ2) is 11.1. The summed E-state index contributed by atoms with van der Waals surface area (Å²) in [6, 6.07) is 12.9. The van der Waals surface area contributed by atoms with Gasteiger partial charge >= 0.3 is 0 Å². The molecular weight excluding hydrogens is 544 g/mol. The minimum atomic E-state index is -2.54. The zero-order valence-electron chi connectivity index (χ0n) is 27.0. The number of rotatable bonds is 8. The van der Waals surface area contributed by atoms with Crippen LogP contribution in [0.1, 0.15) is 23.0 Å². The van der Waals surface area contributed by atoms with Gasteiger partial charge in [0.25, 0.3) is 0 Å². The molecule has 1 aliphatic heterocycles. The van der Waals surface area contributed by atoms with E-state index in [-0.39, 0.29) is 35.5 Å². The molecule has 0 unspecified atom stereocenters. The number of pyridine rings is 2. The van der Waals surface area contributed by atoms with Crippen LogP contribution in [0.3, 0.4) is 0 Å². The monoisotopic (exact) mass is 581 g/mol. The number of nitrogens with one attached hydrogen (secondary N) is 1. The SMILES string of the molecule is [2H]C([2H])([2H])N(Cc1ccc(OC)cc1)c1ncc(-c2cn3cc(N4CCOCC4)ccc3n2)c2cc(NC(=O)[C@H]3C[C@H]3C)nnc12. The van der Waals surface area contributed by atoms with E-state index in [0.29, 0.717) is 41.5 Å². The summed E-state index contributed by atoms with van der Waals surface area (Å²) in [7, 11) is 1.58. The zero-order chi connectivity index (χ0) is 32.0. The molecule has 1 aromatic carbocycles. The lowest BCUT2D eigenvalue weighted by Crippen LogP contribution is -2.36. The molecule has 220 valence electrons. The largest absolute Gasteiger partial charge is 0.497 e. The molecule has 43 heavy (non-hydrogen) atoms. The lowest BCUT2D eigenvalue weighted by atomic mass is 10.1. The number of hydrogen-bond donors (Lipinski definition) is 1. The van der Waals surface area contributed by atoms with Crippen LogP contribution in [0.25, 0.3) is 27.8 Å². The van der Waals surface area contributed by atoms with Crippen LogP contribution in [0.2, 0.25) is 0 Å². The van der Waals surface area contributed by atoms with Crippen molar-refractivity contribution in [2.45, 2.75) is 19.9 Å². The Bertz CT molecular complexity index is 1910. The lowest BCUT2D eigenvalue weighted by molar-refractivity contribution is -0.117. The number of fused-ring (bicyclic) bond motifs is 2. The highest BCUT2D eigenvalue weighted by atomic mass is 16.5. The predicted molar refractivity (Wildman–Crippen MR) is 166 cm³/mol. The van der Waals surface area contributed by atoms with E-state index in [4.69, 9.17) is 18.6 Å². The molecular formula is C32H34N8O3. The quantitative estimate of drug-likeness (QED) is 0.285. The van der Waals surface area contributed by atoms with Gasteiger partial charge in [0.1, 0.15) is 16.9 Å². The fourth-order valence-electron chi connectivity index (χ4n) is 5.49. The van der Waals surface area contributed by atoms with Gasteiger partial charge in [-0.1, -0.05) is 19.1 Å². The van der Waals surface area contributed by atoms with Crippen LogP contribution in [0.5, 0.6) is 5.75 Å². The highest BCUT2D eigenvalue weighted by Gasteiger charge is 2.39. The van der Waals surface area contributed by atoms with Gasteiger partial charge in [0, 0.05) is 66.2 Å². The summed E-state index contributed by atoms with van der Waals surface area (Å²) in [5.41, 5.74) is 4.10. The van der Waals surface area contributed by atoms with Gasteiger partial charge in [-0.2, -0.15) is 0 Å². The van der Waals surface area contributed by atoms with Crippen molar-refractivity contribution in [3.63, 3.8) is 0 Å². The van der Waals surface area contributed by atoms with Crippen molar-refractivity contribution in [1.29, 1.82) is 0 Å². The summed E-state index contributed by atoms with van der Waals surface area (Å²) >= 11 is 0. The van der Waals surface area contributed by atoms with Gasteiger partial charge in [-0.3, -0.25) is 4.79 Å². The molecule has 2 aliphatic rings. The normalized spacial score (nSPS) is 19.5. The maximum Gasteiger partial charge on any atom is 0.228 e. The van der Waals surface area contributed by atoms with Crippen LogP contribution in [-0.4, -0.2) is 70.9 Å². The van der Waals surface area contributed by atoms with Crippen molar-refractivity contribution >= 4 is 39.8 Å². The van der Waals surface area contributed by atoms with E-state index in [1.807, 2.05) is 48.0 Å². The van der Waals surface area contributed by atoms with Crippen molar-refractivity contribution in [2.75, 3.05) is 55.5 Å². The molecule has 0 radical (unpaired) electrons.